The number of halogens is 2. The quantitative estimate of drug-likeness (QED) is 0.606. The van der Waals surface area contributed by atoms with Crippen molar-refractivity contribution in [3.8, 4) is 5.75 Å². The first kappa shape index (κ1) is 19.7. The van der Waals surface area contributed by atoms with Crippen LogP contribution in [0.4, 0.5) is 10.1 Å². The SMILES string of the molecule is COc1ccc(CN(C)c2ccc3c(c2)C(N)C(c2cccc(Cl)c2)C3)c(F)c1. The van der Waals surface area contributed by atoms with Crippen LogP contribution in [0.3, 0.4) is 0 Å². The zero-order chi connectivity index (χ0) is 20.5. The van der Waals surface area contributed by atoms with Gasteiger partial charge in [-0.25, -0.2) is 4.39 Å². The molecule has 3 aromatic carbocycles. The zero-order valence-electron chi connectivity index (χ0n) is 16.5. The third-order valence-corrected chi connectivity index (χ3v) is 5.98. The molecule has 0 spiro atoms. The molecule has 0 bridgehead atoms. The van der Waals surface area contributed by atoms with Crippen LogP contribution in [0.1, 0.15) is 34.2 Å². The van der Waals surface area contributed by atoms with E-state index in [1.54, 1.807) is 12.1 Å². The standard InChI is InChI=1S/C24H24ClFN2O/c1-28(14-17-7-9-20(29-2)13-23(17)26)19-8-6-16-11-21(24(27)22(16)12-19)15-4-3-5-18(25)10-15/h3-10,12-13,21,24H,11,14,27H2,1-2H3. The first-order chi connectivity index (χ1) is 14.0. The van der Waals surface area contributed by atoms with Crippen molar-refractivity contribution in [2.45, 2.75) is 24.9 Å². The van der Waals surface area contributed by atoms with E-state index in [9.17, 15) is 4.39 Å². The Morgan fingerprint density at radius 1 is 1.14 bits per heavy atom. The molecule has 150 valence electrons. The van der Waals surface area contributed by atoms with E-state index < -0.39 is 0 Å². The average molecular weight is 411 g/mol. The first-order valence-electron chi connectivity index (χ1n) is 9.63. The Hall–Kier alpha value is -2.56. The number of nitrogens with zero attached hydrogens (tertiary/aromatic N) is 1. The molecule has 0 aromatic heterocycles. The van der Waals surface area contributed by atoms with Crippen LogP contribution in [-0.2, 0) is 13.0 Å². The molecule has 2 N–H and O–H groups in total. The minimum Gasteiger partial charge on any atom is -0.497 e. The maximum atomic E-state index is 14.3. The molecule has 2 atom stereocenters. The Morgan fingerprint density at radius 3 is 2.69 bits per heavy atom. The van der Waals surface area contributed by atoms with Crippen molar-refractivity contribution < 1.29 is 9.13 Å². The van der Waals surface area contributed by atoms with E-state index in [0.29, 0.717) is 17.9 Å². The normalized spacial score (nSPS) is 17.8. The van der Waals surface area contributed by atoms with Gasteiger partial charge in [0.05, 0.1) is 7.11 Å². The maximum Gasteiger partial charge on any atom is 0.131 e. The monoisotopic (exact) mass is 410 g/mol. The van der Waals surface area contributed by atoms with Gasteiger partial charge in [0.1, 0.15) is 11.6 Å². The smallest absolute Gasteiger partial charge is 0.131 e. The number of rotatable bonds is 5. The van der Waals surface area contributed by atoms with Crippen molar-refractivity contribution in [3.05, 3.63) is 93.8 Å². The fourth-order valence-electron chi connectivity index (χ4n) is 4.09. The van der Waals surface area contributed by atoms with Gasteiger partial charge in [0, 0.05) is 47.9 Å². The Kier molecular flexibility index (Phi) is 5.48. The second-order valence-electron chi connectivity index (χ2n) is 7.59. The van der Waals surface area contributed by atoms with Crippen molar-refractivity contribution in [1.82, 2.24) is 0 Å². The van der Waals surface area contributed by atoms with Gasteiger partial charge in [0.25, 0.3) is 0 Å². The van der Waals surface area contributed by atoms with Gasteiger partial charge in [-0.2, -0.15) is 0 Å². The predicted octanol–water partition coefficient (Wildman–Crippen LogP) is 5.46. The highest BCUT2D eigenvalue weighted by Gasteiger charge is 2.31. The highest BCUT2D eigenvalue weighted by molar-refractivity contribution is 6.30. The topological polar surface area (TPSA) is 38.5 Å². The van der Waals surface area contributed by atoms with Gasteiger partial charge < -0.3 is 15.4 Å². The molecule has 0 heterocycles. The van der Waals surface area contributed by atoms with Gasteiger partial charge in [-0.3, -0.25) is 0 Å². The van der Waals surface area contributed by atoms with Crippen LogP contribution >= 0.6 is 11.6 Å². The summed E-state index contributed by atoms with van der Waals surface area (Å²) >= 11 is 6.17. The molecule has 0 saturated heterocycles. The van der Waals surface area contributed by atoms with E-state index >= 15 is 0 Å². The maximum absolute atomic E-state index is 14.3. The molecular formula is C24H24ClFN2O. The van der Waals surface area contributed by atoms with Crippen LogP contribution in [-0.4, -0.2) is 14.2 Å². The number of fused-ring (bicyclic) bond motifs is 1. The van der Waals surface area contributed by atoms with Crippen molar-refractivity contribution in [2.24, 2.45) is 5.73 Å². The van der Waals surface area contributed by atoms with Crippen LogP contribution in [0.2, 0.25) is 5.02 Å². The third-order valence-electron chi connectivity index (χ3n) is 5.75. The number of nitrogens with two attached hydrogens (primary N) is 1. The molecular weight excluding hydrogens is 387 g/mol. The second kappa shape index (κ2) is 8.05. The lowest BCUT2D eigenvalue weighted by Crippen LogP contribution is -2.18. The van der Waals surface area contributed by atoms with Gasteiger partial charge in [-0.15, -0.1) is 0 Å². The van der Waals surface area contributed by atoms with Crippen LogP contribution < -0.4 is 15.4 Å². The Morgan fingerprint density at radius 2 is 1.97 bits per heavy atom. The van der Waals surface area contributed by atoms with E-state index in [4.69, 9.17) is 22.1 Å². The molecule has 29 heavy (non-hydrogen) atoms. The molecule has 0 amide bonds. The van der Waals surface area contributed by atoms with Crippen molar-refractivity contribution in [1.29, 1.82) is 0 Å². The summed E-state index contributed by atoms with van der Waals surface area (Å²) in [7, 11) is 3.49. The molecule has 0 aliphatic heterocycles. The fraction of sp³-hybridized carbons (Fsp3) is 0.250. The Labute approximate surface area is 175 Å². The Balaban J connectivity index is 1.55. The molecule has 3 aromatic rings. The summed E-state index contributed by atoms with van der Waals surface area (Å²) in [5.41, 5.74) is 11.8. The lowest BCUT2D eigenvalue weighted by Gasteiger charge is -2.22. The van der Waals surface area contributed by atoms with Crippen LogP contribution in [0.15, 0.2) is 60.7 Å². The van der Waals surface area contributed by atoms with Gasteiger partial charge in [-0.05, 0) is 53.4 Å². The van der Waals surface area contributed by atoms with Gasteiger partial charge in [0.15, 0.2) is 0 Å². The number of hydrogen-bond acceptors (Lipinski definition) is 3. The molecule has 4 rings (SSSR count). The van der Waals surface area contributed by atoms with E-state index in [1.165, 1.54) is 18.7 Å². The summed E-state index contributed by atoms with van der Waals surface area (Å²) in [5.74, 6) is 0.461. The van der Waals surface area contributed by atoms with E-state index in [-0.39, 0.29) is 17.8 Å². The molecule has 1 aliphatic carbocycles. The van der Waals surface area contributed by atoms with Crippen molar-refractivity contribution in [3.63, 3.8) is 0 Å². The molecule has 0 saturated carbocycles. The summed E-state index contributed by atoms with van der Waals surface area (Å²) in [6.07, 6.45) is 0.897. The number of anilines is 1. The minimum absolute atomic E-state index is 0.0884. The molecule has 0 radical (unpaired) electrons. The molecule has 5 heteroatoms. The number of methoxy groups -OCH3 is 1. The van der Waals surface area contributed by atoms with E-state index in [2.05, 4.69) is 24.3 Å². The highest BCUT2D eigenvalue weighted by atomic mass is 35.5. The van der Waals surface area contributed by atoms with Gasteiger partial charge in [0.2, 0.25) is 0 Å². The van der Waals surface area contributed by atoms with Gasteiger partial charge >= 0.3 is 0 Å². The third kappa shape index (κ3) is 3.96. The zero-order valence-corrected chi connectivity index (χ0v) is 17.3. The van der Waals surface area contributed by atoms with Crippen molar-refractivity contribution >= 4 is 17.3 Å². The van der Waals surface area contributed by atoms with Crippen LogP contribution in [0, 0.1) is 5.82 Å². The van der Waals surface area contributed by atoms with Crippen LogP contribution in [0.5, 0.6) is 5.75 Å². The summed E-state index contributed by atoms with van der Waals surface area (Å²) in [5, 5.41) is 0.729. The Bertz CT molecular complexity index is 1040. The summed E-state index contributed by atoms with van der Waals surface area (Å²) in [6, 6.07) is 19.1. The molecule has 0 fully saturated rings. The summed E-state index contributed by atoms with van der Waals surface area (Å²) in [6.45, 7) is 0.460. The number of benzene rings is 3. The predicted molar refractivity (Wildman–Crippen MR) is 116 cm³/mol. The first-order valence-corrected chi connectivity index (χ1v) is 10.0. The molecule has 2 unspecified atom stereocenters. The lowest BCUT2D eigenvalue weighted by atomic mass is 9.93. The largest absolute Gasteiger partial charge is 0.497 e. The van der Waals surface area contributed by atoms with E-state index in [0.717, 1.165) is 28.3 Å². The fourth-order valence-corrected chi connectivity index (χ4v) is 4.29. The second-order valence-corrected chi connectivity index (χ2v) is 8.02. The summed E-state index contributed by atoms with van der Waals surface area (Å²) in [4.78, 5) is 2.03. The van der Waals surface area contributed by atoms with E-state index in [1.807, 2.05) is 30.1 Å². The number of hydrogen-bond donors (Lipinski definition) is 1. The molecule has 1 aliphatic rings. The molecule has 3 nitrogen and oxygen atoms in total. The minimum atomic E-state index is -0.268. The highest BCUT2D eigenvalue weighted by Crippen LogP contribution is 2.42. The number of ether oxygens (including phenoxy) is 1. The average Bonchev–Trinajstić information content (AvgIpc) is 3.05. The lowest BCUT2D eigenvalue weighted by molar-refractivity contribution is 0.410. The van der Waals surface area contributed by atoms with Crippen LogP contribution in [0.25, 0.3) is 0 Å². The van der Waals surface area contributed by atoms with Gasteiger partial charge in [-0.1, -0.05) is 35.9 Å². The van der Waals surface area contributed by atoms with Crippen molar-refractivity contribution in [2.75, 3.05) is 19.1 Å². The summed E-state index contributed by atoms with van der Waals surface area (Å²) < 4.78 is 19.4.